The van der Waals surface area contributed by atoms with Crippen molar-refractivity contribution in [1.82, 2.24) is 0 Å². The number of aromatic hydroxyl groups is 1. The number of carbonyl (C=O) groups is 1. The summed E-state index contributed by atoms with van der Waals surface area (Å²) in [5, 5.41) is 9.50. The molecule has 1 N–H and O–H groups in total. The van der Waals surface area contributed by atoms with E-state index in [0.717, 1.165) is 17.4 Å². The van der Waals surface area contributed by atoms with Crippen LogP contribution in [0.5, 0.6) is 11.5 Å². The summed E-state index contributed by atoms with van der Waals surface area (Å²) < 4.78 is 5.09. The molecule has 0 unspecified atom stereocenters. The van der Waals surface area contributed by atoms with E-state index < -0.39 is 0 Å². The maximum absolute atomic E-state index is 10.3. The van der Waals surface area contributed by atoms with Gasteiger partial charge in [0, 0.05) is 12.0 Å². The minimum atomic E-state index is 0.124. The molecule has 0 radical (unpaired) electrons. The predicted molar refractivity (Wildman–Crippen MR) is 53.8 cm³/mol. The number of rotatable bonds is 4. The van der Waals surface area contributed by atoms with Crippen LogP contribution in [0.25, 0.3) is 0 Å². The molecule has 0 amide bonds. The number of phenolic OH excluding ortho intramolecular Hbond substituents is 1. The first kappa shape index (κ1) is 10.6. The third kappa shape index (κ3) is 2.05. The van der Waals surface area contributed by atoms with Crippen LogP contribution in [0.2, 0.25) is 0 Å². The van der Waals surface area contributed by atoms with E-state index in [1.165, 1.54) is 7.11 Å². The van der Waals surface area contributed by atoms with Gasteiger partial charge in [-0.25, -0.2) is 0 Å². The van der Waals surface area contributed by atoms with Gasteiger partial charge in [0.1, 0.15) is 6.29 Å². The number of ether oxygens (including phenoxy) is 1. The number of hydrogen-bond acceptors (Lipinski definition) is 3. The van der Waals surface area contributed by atoms with E-state index in [2.05, 4.69) is 0 Å². The smallest absolute Gasteiger partial charge is 0.163 e. The Morgan fingerprint density at radius 1 is 1.50 bits per heavy atom. The largest absolute Gasteiger partial charge is 0.504 e. The van der Waals surface area contributed by atoms with E-state index in [1.54, 1.807) is 6.07 Å². The minimum Gasteiger partial charge on any atom is -0.504 e. The monoisotopic (exact) mass is 194 g/mol. The maximum Gasteiger partial charge on any atom is 0.163 e. The standard InChI is InChI=1S/C11H14O3/c1-8-5-6-10(13)11(14-2)9(8)4-3-7-12/h5-7,13H,3-4H2,1-2H3. The topological polar surface area (TPSA) is 46.5 Å². The van der Waals surface area contributed by atoms with Crippen LogP contribution in [-0.2, 0) is 11.2 Å². The van der Waals surface area contributed by atoms with E-state index >= 15 is 0 Å². The fourth-order valence-electron chi connectivity index (χ4n) is 1.46. The SMILES string of the molecule is COc1c(O)ccc(C)c1CCC=O. The lowest BCUT2D eigenvalue weighted by atomic mass is 10.0. The fourth-order valence-corrected chi connectivity index (χ4v) is 1.46. The fraction of sp³-hybridized carbons (Fsp3) is 0.364. The van der Waals surface area contributed by atoms with E-state index in [9.17, 15) is 9.90 Å². The Balaban J connectivity index is 3.08. The minimum absolute atomic E-state index is 0.124. The van der Waals surface area contributed by atoms with Crippen LogP contribution in [-0.4, -0.2) is 18.5 Å². The van der Waals surface area contributed by atoms with Gasteiger partial charge in [-0.2, -0.15) is 0 Å². The first-order valence-electron chi connectivity index (χ1n) is 4.49. The first-order chi connectivity index (χ1) is 6.70. The molecule has 0 atom stereocenters. The van der Waals surface area contributed by atoms with Crippen molar-refractivity contribution in [2.24, 2.45) is 0 Å². The maximum atomic E-state index is 10.3. The Morgan fingerprint density at radius 3 is 2.79 bits per heavy atom. The molecule has 3 nitrogen and oxygen atoms in total. The van der Waals surface area contributed by atoms with Crippen molar-refractivity contribution in [3.05, 3.63) is 23.3 Å². The second-order valence-corrected chi connectivity index (χ2v) is 3.12. The zero-order chi connectivity index (χ0) is 10.6. The van der Waals surface area contributed by atoms with Crippen molar-refractivity contribution in [2.45, 2.75) is 19.8 Å². The number of aldehydes is 1. The number of carbonyl (C=O) groups excluding carboxylic acids is 1. The highest BCUT2D eigenvalue weighted by atomic mass is 16.5. The van der Waals surface area contributed by atoms with Crippen LogP contribution in [0.4, 0.5) is 0 Å². The second-order valence-electron chi connectivity index (χ2n) is 3.12. The van der Waals surface area contributed by atoms with Gasteiger partial charge >= 0.3 is 0 Å². The Bertz CT molecular complexity index is 332. The molecule has 0 aliphatic rings. The van der Waals surface area contributed by atoms with Gasteiger partial charge in [-0.15, -0.1) is 0 Å². The molecule has 0 aromatic heterocycles. The third-order valence-electron chi connectivity index (χ3n) is 2.19. The zero-order valence-electron chi connectivity index (χ0n) is 8.41. The summed E-state index contributed by atoms with van der Waals surface area (Å²) in [4.78, 5) is 10.3. The molecule has 1 aromatic rings. The second kappa shape index (κ2) is 4.65. The average Bonchev–Trinajstić information content (AvgIpc) is 2.19. The number of hydrogen-bond donors (Lipinski definition) is 1. The van der Waals surface area contributed by atoms with Gasteiger partial charge in [-0.05, 0) is 25.0 Å². The van der Waals surface area contributed by atoms with Gasteiger partial charge in [0.25, 0.3) is 0 Å². The van der Waals surface area contributed by atoms with E-state index in [0.29, 0.717) is 18.6 Å². The summed E-state index contributed by atoms with van der Waals surface area (Å²) in [5.74, 6) is 0.603. The van der Waals surface area contributed by atoms with Gasteiger partial charge in [-0.3, -0.25) is 0 Å². The summed E-state index contributed by atoms with van der Waals surface area (Å²) in [6.45, 7) is 1.93. The number of benzene rings is 1. The van der Waals surface area contributed by atoms with Gasteiger partial charge in [0.2, 0.25) is 0 Å². The van der Waals surface area contributed by atoms with Gasteiger partial charge in [0.05, 0.1) is 7.11 Å². The lowest BCUT2D eigenvalue weighted by molar-refractivity contribution is -0.107. The molecule has 76 valence electrons. The van der Waals surface area contributed by atoms with Crippen LogP contribution in [0.3, 0.4) is 0 Å². The molecular formula is C11H14O3. The van der Waals surface area contributed by atoms with Crippen molar-refractivity contribution in [3.8, 4) is 11.5 Å². The van der Waals surface area contributed by atoms with Crippen molar-refractivity contribution in [2.75, 3.05) is 7.11 Å². The highest BCUT2D eigenvalue weighted by molar-refractivity contribution is 5.54. The number of methoxy groups -OCH3 is 1. The summed E-state index contributed by atoms with van der Waals surface area (Å²) >= 11 is 0. The predicted octanol–water partition coefficient (Wildman–Crippen LogP) is 1.84. The Morgan fingerprint density at radius 2 is 2.21 bits per heavy atom. The summed E-state index contributed by atoms with van der Waals surface area (Å²) in [6, 6.07) is 3.41. The van der Waals surface area contributed by atoms with Crippen molar-refractivity contribution in [1.29, 1.82) is 0 Å². The number of phenols is 1. The molecule has 0 saturated carbocycles. The molecule has 0 fully saturated rings. The molecule has 14 heavy (non-hydrogen) atoms. The Kier molecular flexibility index (Phi) is 3.51. The molecule has 1 aromatic carbocycles. The number of aryl methyl sites for hydroxylation is 1. The molecule has 1 rings (SSSR count). The van der Waals surface area contributed by atoms with Crippen LogP contribution < -0.4 is 4.74 Å². The third-order valence-corrected chi connectivity index (χ3v) is 2.19. The molecule has 0 spiro atoms. The molecule has 0 bridgehead atoms. The van der Waals surface area contributed by atoms with Gasteiger partial charge in [-0.1, -0.05) is 6.07 Å². The average molecular weight is 194 g/mol. The normalized spacial score (nSPS) is 9.86. The highest BCUT2D eigenvalue weighted by Crippen LogP contribution is 2.32. The summed E-state index contributed by atoms with van der Waals surface area (Å²) in [7, 11) is 1.51. The van der Waals surface area contributed by atoms with Crippen molar-refractivity contribution < 1.29 is 14.6 Å². The van der Waals surface area contributed by atoms with E-state index in [1.807, 2.05) is 13.0 Å². The van der Waals surface area contributed by atoms with Gasteiger partial charge < -0.3 is 14.6 Å². The first-order valence-corrected chi connectivity index (χ1v) is 4.49. The van der Waals surface area contributed by atoms with Crippen LogP contribution in [0, 0.1) is 6.92 Å². The molecule has 0 aliphatic heterocycles. The van der Waals surface area contributed by atoms with E-state index in [4.69, 9.17) is 4.74 Å². The Hall–Kier alpha value is -1.51. The van der Waals surface area contributed by atoms with Crippen LogP contribution >= 0.6 is 0 Å². The van der Waals surface area contributed by atoms with Crippen molar-refractivity contribution >= 4 is 6.29 Å². The molecule has 0 aliphatic carbocycles. The summed E-state index contributed by atoms with van der Waals surface area (Å²) in [5.41, 5.74) is 1.93. The molecule has 3 heteroatoms. The van der Waals surface area contributed by atoms with Gasteiger partial charge in [0.15, 0.2) is 11.5 Å². The quantitative estimate of drug-likeness (QED) is 0.744. The lowest BCUT2D eigenvalue weighted by Crippen LogP contribution is -1.96. The Labute approximate surface area is 83.3 Å². The van der Waals surface area contributed by atoms with Crippen molar-refractivity contribution in [3.63, 3.8) is 0 Å². The zero-order valence-corrected chi connectivity index (χ0v) is 8.41. The van der Waals surface area contributed by atoms with E-state index in [-0.39, 0.29) is 5.75 Å². The summed E-state index contributed by atoms with van der Waals surface area (Å²) in [6.07, 6.45) is 1.91. The molecule has 0 saturated heterocycles. The van der Waals surface area contributed by atoms with Crippen LogP contribution in [0.15, 0.2) is 12.1 Å². The molecule has 0 heterocycles. The lowest BCUT2D eigenvalue weighted by Gasteiger charge is -2.11. The molecular weight excluding hydrogens is 180 g/mol. The van der Waals surface area contributed by atoms with Crippen LogP contribution in [0.1, 0.15) is 17.5 Å². The highest BCUT2D eigenvalue weighted by Gasteiger charge is 2.10.